The topological polar surface area (TPSA) is 86.1 Å². The maximum Gasteiger partial charge on any atom is 0.320 e. The Balaban J connectivity index is 1.02. The van der Waals surface area contributed by atoms with E-state index in [1.807, 2.05) is 26.6 Å². The number of fused-ring (bicyclic) bond motifs is 2. The van der Waals surface area contributed by atoms with Crippen LogP contribution >= 0.6 is 0 Å². The zero-order valence-electron chi connectivity index (χ0n) is 17.9. The number of carbonyl (C=O) groups excluding carboxylic acids is 2. The number of nitrogens with zero attached hydrogens (tertiary/aromatic N) is 6. The molecule has 0 aromatic carbocycles. The number of imidazole rings is 1. The van der Waals surface area contributed by atoms with Crippen LogP contribution in [0.5, 0.6) is 0 Å². The fourth-order valence-electron chi connectivity index (χ4n) is 5.90. The van der Waals surface area contributed by atoms with Crippen molar-refractivity contribution in [3.8, 4) is 0 Å². The molecule has 3 saturated heterocycles. The highest BCUT2D eigenvalue weighted by Crippen LogP contribution is 2.52. The number of hydrogen-bond donors (Lipinski definition) is 1. The highest BCUT2D eigenvalue weighted by atomic mass is 16.2. The zero-order valence-corrected chi connectivity index (χ0v) is 17.9. The van der Waals surface area contributed by atoms with Crippen molar-refractivity contribution in [3.05, 3.63) is 24.8 Å². The van der Waals surface area contributed by atoms with Crippen molar-refractivity contribution in [2.24, 2.45) is 17.8 Å². The molecule has 5 heterocycles. The molecule has 4 fully saturated rings. The molecule has 1 saturated carbocycles. The minimum atomic E-state index is 0.0722. The van der Waals surface area contributed by atoms with E-state index < -0.39 is 0 Å². The smallest absolute Gasteiger partial charge is 0.320 e. The Kier molecular flexibility index (Phi) is 4.33. The first kappa shape index (κ1) is 18.9. The molecule has 164 valence electrons. The van der Waals surface area contributed by atoms with Crippen molar-refractivity contribution in [2.75, 3.05) is 37.6 Å². The zero-order chi connectivity index (χ0) is 21.1. The van der Waals surface area contributed by atoms with Crippen LogP contribution in [0.2, 0.25) is 0 Å². The summed E-state index contributed by atoms with van der Waals surface area (Å²) >= 11 is 0. The lowest BCUT2D eigenvalue weighted by Gasteiger charge is -2.29. The van der Waals surface area contributed by atoms with E-state index in [1.54, 1.807) is 12.4 Å². The van der Waals surface area contributed by atoms with Crippen molar-refractivity contribution in [1.29, 1.82) is 0 Å². The molecule has 1 aliphatic carbocycles. The monoisotopic (exact) mass is 423 g/mol. The summed E-state index contributed by atoms with van der Waals surface area (Å²) in [6.07, 6.45) is 10.5. The summed E-state index contributed by atoms with van der Waals surface area (Å²) in [4.78, 5) is 40.8. The molecule has 3 amide bonds. The van der Waals surface area contributed by atoms with Gasteiger partial charge >= 0.3 is 6.03 Å². The molecule has 1 unspecified atom stereocenters. The van der Waals surface area contributed by atoms with E-state index in [2.05, 4.69) is 27.1 Å². The van der Waals surface area contributed by atoms with Crippen LogP contribution in [0.25, 0.3) is 5.65 Å². The Labute approximate surface area is 181 Å². The minimum absolute atomic E-state index is 0.0722. The second-order valence-electron chi connectivity index (χ2n) is 9.57. The molecule has 31 heavy (non-hydrogen) atoms. The van der Waals surface area contributed by atoms with Crippen LogP contribution in [0.3, 0.4) is 0 Å². The summed E-state index contributed by atoms with van der Waals surface area (Å²) in [5.74, 6) is 1.77. The number of nitrogens with one attached hydrogen (secondary N) is 1. The van der Waals surface area contributed by atoms with Crippen molar-refractivity contribution in [2.45, 2.75) is 38.3 Å². The summed E-state index contributed by atoms with van der Waals surface area (Å²) in [5, 5.41) is 3.27. The van der Waals surface area contributed by atoms with Crippen LogP contribution in [0, 0.1) is 17.8 Å². The highest BCUT2D eigenvalue weighted by Gasteiger charge is 2.60. The minimum Gasteiger partial charge on any atom is -0.351 e. The Morgan fingerprint density at radius 2 is 1.81 bits per heavy atom. The molecular formula is C22H29N7O2. The molecule has 3 aliphatic heterocycles. The number of hydrogen-bond acceptors (Lipinski definition) is 5. The molecule has 6 rings (SSSR count). The van der Waals surface area contributed by atoms with Crippen LogP contribution in [0.4, 0.5) is 10.6 Å². The van der Waals surface area contributed by atoms with Gasteiger partial charge in [-0.3, -0.25) is 4.79 Å². The molecule has 4 aliphatic rings. The van der Waals surface area contributed by atoms with Crippen molar-refractivity contribution < 1.29 is 9.59 Å². The Bertz CT molecular complexity index is 1010. The van der Waals surface area contributed by atoms with Crippen molar-refractivity contribution >= 4 is 23.4 Å². The number of urea groups is 1. The third-order valence-electron chi connectivity index (χ3n) is 7.69. The normalized spacial score (nSPS) is 32.0. The Morgan fingerprint density at radius 1 is 1.03 bits per heavy atom. The predicted molar refractivity (Wildman–Crippen MR) is 115 cm³/mol. The summed E-state index contributed by atoms with van der Waals surface area (Å²) in [7, 11) is 0. The van der Waals surface area contributed by atoms with Gasteiger partial charge in [-0.1, -0.05) is 0 Å². The number of rotatable bonds is 3. The average Bonchev–Trinajstić information content (AvgIpc) is 3.36. The lowest BCUT2D eigenvalue weighted by molar-refractivity contribution is -0.123. The van der Waals surface area contributed by atoms with E-state index in [9.17, 15) is 9.59 Å². The molecule has 0 radical (unpaired) electrons. The van der Waals surface area contributed by atoms with Crippen LogP contribution in [-0.4, -0.2) is 80.9 Å². The van der Waals surface area contributed by atoms with Crippen LogP contribution < -0.4 is 10.2 Å². The van der Waals surface area contributed by atoms with Crippen molar-refractivity contribution in [3.63, 3.8) is 0 Å². The van der Waals surface area contributed by atoms with Gasteiger partial charge < -0.3 is 24.4 Å². The van der Waals surface area contributed by atoms with Gasteiger partial charge in [-0.15, -0.1) is 0 Å². The largest absolute Gasteiger partial charge is 0.351 e. The summed E-state index contributed by atoms with van der Waals surface area (Å²) in [6.45, 7) is 6.07. The van der Waals surface area contributed by atoms with Gasteiger partial charge in [0.05, 0.1) is 0 Å². The van der Waals surface area contributed by atoms with Crippen LogP contribution in [-0.2, 0) is 4.79 Å². The lowest BCUT2D eigenvalue weighted by Crippen LogP contribution is -2.46. The average molecular weight is 424 g/mol. The molecule has 0 bridgehead atoms. The molecular weight excluding hydrogens is 394 g/mol. The van der Waals surface area contributed by atoms with Crippen LogP contribution in [0.1, 0.15) is 26.2 Å². The molecule has 1 N–H and O–H groups in total. The number of anilines is 1. The molecule has 9 nitrogen and oxygen atoms in total. The maximum absolute atomic E-state index is 12.9. The van der Waals surface area contributed by atoms with E-state index in [-0.39, 0.29) is 23.9 Å². The third kappa shape index (κ3) is 3.13. The molecule has 2 aromatic heterocycles. The van der Waals surface area contributed by atoms with Gasteiger partial charge in [-0.05, 0) is 38.0 Å². The number of likely N-dealkylation sites (tertiary alicyclic amines) is 2. The lowest BCUT2D eigenvalue weighted by atomic mass is 10.2. The van der Waals surface area contributed by atoms with Crippen LogP contribution in [0.15, 0.2) is 24.8 Å². The number of aromatic nitrogens is 3. The SMILES string of the molecule is C[C@@H]1CCCN1C(=O)N1C[C@@H]2C(C(=O)N[C@H]3CCN(c4nccn5ccnc45)C3)[C@@H]2C1. The standard InChI is InChI=1S/C22H29N7O2/c1-14-3-2-7-29(14)22(31)28-12-16-17(13-28)18(16)21(30)25-15-4-8-27(11-15)20-19-23-5-9-26(19)10-6-24-20/h5-6,9-10,14-18H,2-4,7-8,11-13H2,1H3,(H,25,30)/t14-,15+,16-,17+,18?/m1/s1. The number of amides is 3. The van der Waals surface area contributed by atoms with E-state index in [0.29, 0.717) is 17.9 Å². The second kappa shape index (κ2) is 7.10. The second-order valence-corrected chi connectivity index (χ2v) is 9.57. The van der Waals surface area contributed by atoms with Gasteiger partial charge in [0.25, 0.3) is 0 Å². The van der Waals surface area contributed by atoms with Gasteiger partial charge in [0.2, 0.25) is 5.91 Å². The molecule has 0 spiro atoms. The van der Waals surface area contributed by atoms with E-state index >= 15 is 0 Å². The van der Waals surface area contributed by atoms with Gasteiger partial charge in [0.1, 0.15) is 0 Å². The first-order valence-corrected chi connectivity index (χ1v) is 11.5. The molecule has 2 aromatic rings. The Hall–Kier alpha value is -2.84. The molecule has 9 heteroatoms. The predicted octanol–water partition coefficient (Wildman–Crippen LogP) is 1.21. The summed E-state index contributed by atoms with van der Waals surface area (Å²) in [5.41, 5.74) is 0.850. The summed E-state index contributed by atoms with van der Waals surface area (Å²) in [6, 6.07) is 0.647. The summed E-state index contributed by atoms with van der Waals surface area (Å²) < 4.78 is 1.97. The quantitative estimate of drug-likeness (QED) is 0.802. The number of piperidine rings is 1. The first-order chi connectivity index (χ1) is 15.1. The molecule has 5 atom stereocenters. The Morgan fingerprint density at radius 3 is 2.55 bits per heavy atom. The van der Waals surface area contributed by atoms with Gasteiger partial charge in [0, 0.05) is 75.5 Å². The van der Waals surface area contributed by atoms with E-state index in [4.69, 9.17) is 0 Å². The fourth-order valence-corrected chi connectivity index (χ4v) is 5.90. The fraction of sp³-hybridized carbons (Fsp3) is 0.636. The maximum atomic E-state index is 12.9. The highest BCUT2D eigenvalue weighted by molar-refractivity contribution is 5.84. The van der Waals surface area contributed by atoms with E-state index in [1.165, 1.54) is 0 Å². The van der Waals surface area contributed by atoms with Crippen molar-refractivity contribution in [1.82, 2.24) is 29.5 Å². The van der Waals surface area contributed by atoms with Gasteiger partial charge in [-0.25, -0.2) is 14.8 Å². The number of carbonyl (C=O) groups is 2. The third-order valence-corrected chi connectivity index (χ3v) is 7.69. The van der Waals surface area contributed by atoms with Gasteiger partial charge in [-0.2, -0.15) is 0 Å². The van der Waals surface area contributed by atoms with E-state index in [0.717, 1.165) is 63.5 Å². The van der Waals surface area contributed by atoms with Gasteiger partial charge in [0.15, 0.2) is 11.5 Å². The first-order valence-electron chi connectivity index (χ1n) is 11.5.